The summed E-state index contributed by atoms with van der Waals surface area (Å²) in [6.07, 6.45) is 5.49. The molecule has 3 heterocycles. The molecule has 0 radical (unpaired) electrons. The van der Waals surface area contributed by atoms with Crippen molar-refractivity contribution in [2.45, 2.75) is 45.3 Å². The smallest absolute Gasteiger partial charge is 0.228 e. The second-order valence-electron chi connectivity index (χ2n) is 8.65. The van der Waals surface area contributed by atoms with Crippen LogP contribution in [0, 0.1) is 11.2 Å². The molecule has 1 fully saturated rings. The summed E-state index contributed by atoms with van der Waals surface area (Å²) in [5.74, 6) is 0.258. The van der Waals surface area contributed by atoms with Crippen molar-refractivity contribution < 1.29 is 18.8 Å². The van der Waals surface area contributed by atoms with Crippen molar-refractivity contribution in [1.82, 2.24) is 19.8 Å². The number of nitrogens with zero attached hydrogens (tertiary/aromatic N) is 4. The van der Waals surface area contributed by atoms with Crippen LogP contribution in [0.2, 0.25) is 0 Å². The summed E-state index contributed by atoms with van der Waals surface area (Å²) in [7, 11) is 1.88. The lowest BCUT2D eigenvalue weighted by Crippen LogP contribution is -2.54. The molecule has 32 heavy (non-hydrogen) atoms. The number of amides is 2. The number of aromatic nitrogens is 2. The van der Waals surface area contributed by atoms with Gasteiger partial charge in [-0.15, -0.1) is 0 Å². The fraction of sp³-hybridized carbons (Fsp3) is 0.478. The molecule has 1 aromatic carbocycles. The topological polar surface area (TPSA) is 88.8 Å². The largest absolute Gasteiger partial charge is 0.392 e. The van der Waals surface area contributed by atoms with Gasteiger partial charge in [-0.2, -0.15) is 0 Å². The van der Waals surface area contributed by atoms with E-state index in [1.54, 1.807) is 23.2 Å². The summed E-state index contributed by atoms with van der Waals surface area (Å²) < 4.78 is 15.5. The summed E-state index contributed by atoms with van der Waals surface area (Å²) in [6.45, 7) is 2.81. The highest BCUT2D eigenvalue weighted by Crippen LogP contribution is 2.38. The number of rotatable bonds is 6. The molecular weight excluding hydrogens is 413 g/mol. The number of hydrogen-bond acceptors (Lipinski definition) is 5. The van der Waals surface area contributed by atoms with Crippen LogP contribution in [0.25, 0.3) is 0 Å². The van der Waals surface area contributed by atoms with Crippen LogP contribution in [-0.2, 0) is 28.0 Å². The lowest BCUT2D eigenvalue weighted by atomic mass is 9.74. The predicted molar refractivity (Wildman–Crippen MR) is 116 cm³/mol. The van der Waals surface area contributed by atoms with E-state index in [1.807, 2.05) is 17.8 Å². The highest BCUT2D eigenvalue weighted by atomic mass is 19.1. The third-order valence-corrected chi connectivity index (χ3v) is 6.34. The van der Waals surface area contributed by atoms with Gasteiger partial charge >= 0.3 is 0 Å². The lowest BCUT2D eigenvalue weighted by molar-refractivity contribution is -0.143. The molecule has 2 aromatic rings. The maximum absolute atomic E-state index is 13.6. The number of piperidine rings is 1. The maximum atomic E-state index is 13.6. The summed E-state index contributed by atoms with van der Waals surface area (Å²) in [5.41, 5.74) is 0.555. The first kappa shape index (κ1) is 22.0. The van der Waals surface area contributed by atoms with Crippen LogP contribution in [0.5, 0.6) is 0 Å². The van der Waals surface area contributed by atoms with Crippen molar-refractivity contribution in [2.75, 3.05) is 13.1 Å². The molecule has 170 valence electrons. The molecule has 2 amide bonds. The summed E-state index contributed by atoms with van der Waals surface area (Å²) >= 11 is 0. The van der Waals surface area contributed by atoms with Gasteiger partial charge in [0.25, 0.3) is 0 Å². The highest BCUT2D eigenvalue weighted by Gasteiger charge is 2.46. The molecule has 0 aliphatic carbocycles. The van der Waals surface area contributed by atoms with Gasteiger partial charge in [-0.3, -0.25) is 9.59 Å². The van der Waals surface area contributed by atoms with Crippen molar-refractivity contribution in [2.24, 2.45) is 17.6 Å². The Labute approximate surface area is 186 Å². The monoisotopic (exact) mass is 441 g/mol. The number of carbonyl (C=O) groups excluding carboxylic acids is 2. The second-order valence-corrected chi connectivity index (χ2v) is 8.65. The Morgan fingerprint density at radius 3 is 2.94 bits per heavy atom. The lowest BCUT2D eigenvalue weighted by Gasteiger charge is -2.42. The number of aryl methyl sites for hydroxylation is 1. The number of likely N-dealkylation sites (tertiary alicyclic amines) is 1. The zero-order valence-electron chi connectivity index (χ0n) is 18.4. The number of hydrogen-bond donors (Lipinski definition) is 1. The Bertz CT molecular complexity index is 1040. The first-order valence-corrected chi connectivity index (χ1v) is 10.8. The van der Waals surface area contributed by atoms with Crippen LogP contribution in [-0.4, -0.2) is 51.2 Å². The van der Waals surface area contributed by atoms with E-state index in [1.165, 1.54) is 19.1 Å². The van der Waals surface area contributed by atoms with E-state index in [-0.39, 0.29) is 23.7 Å². The first-order chi connectivity index (χ1) is 15.4. The Kier molecular flexibility index (Phi) is 6.25. The molecule has 0 bridgehead atoms. The molecule has 4 rings (SSSR count). The van der Waals surface area contributed by atoms with E-state index in [0.717, 1.165) is 12.2 Å². The number of carbonyl (C=O) groups is 2. The van der Waals surface area contributed by atoms with Crippen LogP contribution >= 0.6 is 0 Å². The van der Waals surface area contributed by atoms with Gasteiger partial charge in [0.15, 0.2) is 0 Å². The third kappa shape index (κ3) is 4.66. The zero-order chi connectivity index (χ0) is 22.7. The van der Waals surface area contributed by atoms with Crippen molar-refractivity contribution in [3.8, 4) is 0 Å². The van der Waals surface area contributed by atoms with Gasteiger partial charge in [-0.25, -0.2) is 9.37 Å². The SMILES string of the molecule is CC(=O)N1CCC[C@@](C[C@H]2CC(c3cccc(F)c3)=NO2)(C(=O)NCc2nccn2C)C1. The average molecular weight is 442 g/mol. The molecule has 1 N–H and O–H groups in total. The summed E-state index contributed by atoms with van der Waals surface area (Å²) in [5, 5.41) is 7.18. The predicted octanol–water partition coefficient (Wildman–Crippen LogP) is 2.39. The van der Waals surface area contributed by atoms with Gasteiger partial charge in [-0.1, -0.05) is 17.3 Å². The third-order valence-electron chi connectivity index (χ3n) is 6.34. The Balaban J connectivity index is 1.49. The van der Waals surface area contributed by atoms with Gasteiger partial charge in [0.1, 0.15) is 17.7 Å². The fourth-order valence-corrected chi connectivity index (χ4v) is 4.57. The Morgan fingerprint density at radius 2 is 2.22 bits per heavy atom. The normalized spacial score (nSPS) is 22.9. The van der Waals surface area contributed by atoms with E-state index >= 15 is 0 Å². The van der Waals surface area contributed by atoms with Crippen molar-refractivity contribution >= 4 is 17.5 Å². The van der Waals surface area contributed by atoms with Crippen LogP contribution in [0.4, 0.5) is 4.39 Å². The number of halogens is 1. The molecule has 2 aliphatic heterocycles. The molecule has 0 saturated carbocycles. The van der Waals surface area contributed by atoms with Crippen LogP contribution in [0.3, 0.4) is 0 Å². The van der Waals surface area contributed by atoms with E-state index in [4.69, 9.17) is 4.84 Å². The molecule has 9 heteroatoms. The number of oxime groups is 1. The maximum Gasteiger partial charge on any atom is 0.228 e. The number of benzene rings is 1. The van der Waals surface area contributed by atoms with Crippen LogP contribution in [0.15, 0.2) is 41.8 Å². The zero-order valence-corrected chi connectivity index (χ0v) is 18.4. The van der Waals surface area contributed by atoms with E-state index in [9.17, 15) is 14.0 Å². The highest BCUT2D eigenvalue weighted by molar-refractivity contribution is 6.01. The minimum Gasteiger partial charge on any atom is -0.392 e. The molecule has 2 aliphatic rings. The molecule has 0 spiro atoms. The molecule has 1 saturated heterocycles. The average Bonchev–Trinajstić information content (AvgIpc) is 3.41. The number of imidazole rings is 1. The minimum atomic E-state index is -0.785. The molecule has 8 nitrogen and oxygen atoms in total. The van der Waals surface area contributed by atoms with Crippen molar-refractivity contribution in [3.05, 3.63) is 53.9 Å². The molecule has 2 atom stereocenters. The van der Waals surface area contributed by atoms with Crippen molar-refractivity contribution in [3.63, 3.8) is 0 Å². The van der Waals surface area contributed by atoms with Gasteiger partial charge in [0.2, 0.25) is 11.8 Å². The van der Waals surface area contributed by atoms with Gasteiger partial charge in [0, 0.05) is 57.9 Å². The van der Waals surface area contributed by atoms with E-state index < -0.39 is 5.41 Å². The van der Waals surface area contributed by atoms with Gasteiger partial charge in [0.05, 0.1) is 17.7 Å². The van der Waals surface area contributed by atoms with Gasteiger partial charge in [-0.05, 0) is 25.0 Å². The Morgan fingerprint density at radius 1 is 1.38 bits per heavy atom. The van der Waals surface area contributed by atoms with E-state index in [2.05, 4.69) is 15.5 Å². The standard InChI is InChI=1S/C23H28FN5O3/c1-16(30)29-9-4-7-23(15-29,22(31)26-14-21-25-8-10-28(21)2)13-19-12-20(27-32-19)17-5-3-6-18(24)11-17/h3,5-6,8,10-11,19H,4,7,9,12-15H2,1-2H3,(H,26,31)/t19-,23+/m1/s1. The minimum absolute atomic E-state index is 0.0463. The van der Waals surface area contributed by atoms with Crippen LogP contribution in [0.1, 0.15) is 44.0 Å². The quantitative estimate of drug-likeness (QED) is 0.746. The fourth-order valence-electron chi connectivity index (χ4n) is 4.57. The molecular formula is C23H28FN5O3. The Hall–Kier alpha value is -3.23. The summed E-state index contributed by atoms with van der Waals surface area (Å²) in [4.78, 5) is 37.2. The second kappa shape index (κ2) is 9.10. The molecule has 1 aromatic heterocycles. The van der Waals surface area contributed by atoms with E-state index in [0.29, 0.717) is 50.2 Å². The van der Waals surface area contributed by atoms with Gasteiger partial charge < -0.3 is 19.6 Å². The molecule has 0 unspecified atom stereocenters. The van der Waals surface area contributed by atoms with Crippen LogP contribution < -0.4 is 5.32 Å². The first-order valence-electron chi connectivity index (χ1n) is 10.8. The number of nitrogens with one attached hydrogen (secondary N) is 1. The van der Waals surface area contributed by atoms with Crippen molar-refractivity contribution in [1.29, 1.82) is 0 Å². The summed E-state index contributed by atoms with van der Waals surface area (Å²) in [6, 6.07) is 6.24.